The normalized spacial score (nSPS) is 16.1. The number of nitrogens with one attached hydrogen (secondary N) is 1. The van der Waals surface area contributed by atoms with Crippen molar-refractivity contribution in [3.63, 3.8) is 0 Å². The molecule has 206 valence electrons. The minimum atomic E-state index is -4.49. The van der Waals surface area contributed by atoms with Crippen LogP contribution in [0, 0.1) is 5.92 Å². The number of carbonyl (C=O) groups is 1. The third kappa shape index (κ3) is 4.88. The fraction of sp³-hybridized carbons (Fsp3) is 0.423. The largest absolute Gasteiger partial charge is 0.416 e. The average molecular weight is 544 g/mol. The molecule has 1 aliphatic rings. The second kappa shape index (κ2) is 10.2. The highest BCUT2D eigenvalue weighted by molar-refractivity contribution is 5.97. The van der Waals surface area contributed by atoms with Gasteiger partial charge in [-0.3, -0.25) is 23.4 Å². The topological polar surface area (TPSA) is 111 Å². The monoisotopic (exact) mass is 543 g/mol. The lowest BCUT2D eigenvalue weighted by Crippen LogP contribution is -2.40. The van der Waals surface area contributed by atoms with Crippen LogP contribution in [0.5, 0.6) is 0 Å². The molecule has 0 spiro atoms. The number of carbonyl (C=O) groups excluding carboxylic acids is 1. The van der Waals surface area contributed by atoms with Gasteiger partial charge in [0.15, 0.2) is 5.65 Å². The van der Waals surface area contributed by atoms with Crippen LogP contribution >= 0.6 is 0 Å². The zero-order chi connectivity index (χ0) is 27.9. The molecule has 1 unspecified atom stereocenters. The Labute approximate surface area is 220 Å². The van der Waals surface area contributed by atoms with E-state index >= 15 is 0 Å². The fourth-order valence-corrected chi connectivity index (χ4v) is 4.98. The van der Waals surface area contributed by atoms with E-state index < -0.39 is 28.9 Å². The Morgan fingerprint density at radius 1 is 1.08 bits per heavy atom. The molecule has 4 aromatic rings. The third-order valence-corrected chi connectivity index (χ3v) is 6.87. The molecule has 0 radical (unpaired) electrons. The first-order chi connectivity index (χ1) is 18.6. The van der Waals surface area contributed by atoms with Crippen molar-refractivity contribution in [2.45, 2.75) is 58.9 Å². The van der Waals surface area contributed by atoms with E-state index in [1.54, 1.807) is 17.1 Å². The summed E-state index contributed by atoms with van der Waals surface area (Å²) in [5, 5.41) is 4.34. The zero-order valence-electron chi connectivity index (χ0n) is 21.5. The van der Waals surface area contributed by atoms with Gasteiger partial charge in [-0.05, 0) is 37.5 Å². The van der Waals surface area contributed by atoms with Gasteiger partial charge in [-0.2, -0.15) is 18.3 Å². The molecule has 1 saturated heterocycles. The lowest BCUT2D eigenvalue weighted by atomic mass is 10.1. The number of hydrogen-bond acceptors (Lipinski definition) is 5. The first kappa shape index (κ1) is 26.4. The van der Waals surface area contributed by atoms with E-state index in [2.05, 4.69) is 15.1 Å². The van der Waals surface area contributed by atoms with Gasteiger partial charge in [0.1, 0.15) is 11.3 Å². The summed E-state index contributed by atoms with van der Waals surface area (Å²) in [7, 11) is 0. The molecule has 1 N–H and O–H groups in total. The number of aromatic amines is 1. The van der Waals surface area contributed by atoms with Crippen molar-refractivity contribution in [3.05, 3.63) is 63.1 Å². The summed E-state index contributed by atoms with van der Waals surface area (Å²) in [6.45, 7) is 5.08. The number of amides is 1. The van der Waals surface area contributed by atoms with Crippen LogP contribution in [0.2, 0.25) is 0 Å². The number of nitrogens with zero attached hydrogens (tertiary/aromatic N) is 6. The number of aromatic nitrogens is 6. The highest BCUT2D eigenvalue weighted by Gasteiger charge is 2.35. The van der Waals surface area contributed by atoms with Gasteiger partial charge >= 0.3 is 11.9 Å². The predicted molar refractivity (Wildman–Crippen MR) is 138 cm³/mol. The number of aryl methyl sites for hydroxylation is 1. The molecule has 0 saturated carbocycles. The second-order valence-corrected chi connectivity index (χ2v) is 9.65. The molecule has 4 heterocycles. The van der Waals surface area contributed by atoms with Crippen LogP contribution in [-0.2, 0) is 30.6 Å². The van der Waals surface area contributed by atoms with Gasteiger partial charge in [0, 0.05) is 31.5 Å². The molecule has 5 rings (SSSR count). The lowest BCUT2D eigenvalue weighted by Gasteiger charge is -2.18. The number of rotatable bonds is 8. The Hall–Kier alpha value is -4.16. The summed E-state index contributed by atoms with van der Waals surface area (Å²) in [6.07, 6.45) is 0.529. The van der Waals surface area contributed by atoms with Crippen molar-refractivity contribution < 1.29 is 18.0 Å². The highest BCUT2D eigenvalue weighted by Crippen LogP contribution is 2.34. The molecule has 1 fully saturated rings. The SMILES string of the molecule is CCCn1c(=O)c2[nH]c(-c3cnn(CC4CCN(c5cccc(C(F)(F)F)c5)C4=O)c3)nc2n(CCC)c1=O. The van der Waals surface area contributed by atoms with Gasteiger partial charge in [0.2, 0.25) is 5.91 Å². The van der Waals surface area contributed by atoms with Crippen LogP contribution in [-0.4, -0.2) is 41.3 Å². The van der Waals surface area contributed by atoms with E-state index in [-0.39, 0.29) is 29.3 Å². The third-order valence-electron chi connectivity index (χ3n) is 6.87. The van der Waals surface area contributed by atoms with Crippen molar-refractivity contribution >= 4 is 22.8 Å². The average Bonchev–Trinajstić information content (AvgIpc) is 3.64. The minimum absolute atomic E-state index is 0.215. The first-order valence-electron chi connectivity index (χ1n) is 12.9. The molecule has 3 aromatic heterocycles. The molecule has 10 nitrogen and oxygen atoms in total. The molecule has 0 bridgehead atoms. The Kier molecular flexibility index (Phi) is 6.91. The van der Waals surface area contributed by atoms with Gasteiger partial charge in [-0.25, -0.2) is 9.78 Å². The molecule has 13 heteroatoms. The first-order valence-corrected chi connectivity index (χ1v) is 12.9. The Morgan fingerprint density at radius 3 is 2.54 bits per heavy atom. The van der Waals surface area contributed by atoms with Gasteiger partial charge in [0.25, 0.3) is 5.56 Å². The van der Waals surface area contributed by atoms with E-state index in [0.29, 0.717) is 50.3 Å². The van der Waals surface area contributed by atoms with Gasteiger partial charge in [0.05, 0.1) is 29.8 Å². The molecule has 1 aromatic carbocycles. The van der Waals surface area contributed by atoms with E-state index in [0.717, 1.165) is 12.1 Å². The number of benzene rings is 1. The molecular formula is C26H28F3N7O3. The summed E-state index contributed by atoms with van der Waals surface area (Å²) in [5.74, 6) is -0.357. The smallest absolute Gasteiger partial charge is 0.332 e. The molecule has 39 heavy (non-hydrogen) atoms. The predicted octanol–water partition coefficient (Wildman–Crippen LogP) is 3.64. The number of hydrogen-bond donors (Lipinski definition) is 1. The Balaban J connectivity index is 1.38. The maximum atomic E-state index is 13.1. The summed E-state index contributed by atoms with van der Waals surface area (Å²) in [4.78, 5) is 47.9. The quantitative estimate of drug-likeness (QED) is 0.365. The van der Waals surface area contributed by atoms with Gasteiger partial charge in [-0.1, -0.05) is 19.9 Å². The number of imidazole rings is 1. The van der Waals surface area contributed by atoms with Gasteiger partial charge in [-0.15, -0.1) is 0 Å². The van der Waals surface area contributed by atoms with Crippen LogP contribution in [0.15, 0.2) is 46.2 Å². The van der Waals surface area contributed by atoms with E-state index in [1.807, 2.05) is 13.8 Å². The zero-order valence-corrected chi connectivity index (χ0v) is 21.5. The van der Waals surface area contributed by atoms with Crippen molar-refractivity contribution in [1.29, 1.82) is 0 Å². The van der Waals surface area contributed by atoms with Crippen LogP contribution in [0.1, 0.15) is 38.7 Å². The molecule has 1 amide bonds. The van der Waals surface area contributed by atoms with Crippen molar-refractivity contribution in [2.24, 2.45) is 5.92 Å². The van der Waals surface area contributed by atoms with Crippen molar-refractivity contribution in [1.82, 2.24) is 28.9 Å². The molecule has 1 atom stereocenters. The Bertz CT molecular complexity index is 1650. The summed E-state index contributed by atoms with van der Waals surface area (Å²) < 4.78 is 43.7. The molecular weight excluding hydrogens is 515 g/mol. The summed E-state index contributed by atoms with van der Waals surface area (Å²) in [5.41, 5.74) is -0.316. The van der Waals surface area contributed by atoms with Crippen molar-refractivity contribution in [2.75, 3.05) is 11.4 Å². The highest BCUT2D eigenvalue weighted by atomic mass is 19.4. The number of alkyl halides is 3. The Morgan fingerprint density at radius 2 is 1.82 bits per heavy atom. The fourth-order valence-electron chi connectivity index (χ4n) is 4.98. The maximum absolute atomic E-state index is 13.1. The van der Waals surface area contributed by atoms with E-state index in [1.165, 1.54) is 26.2 Å². The minimum Gasteiger partial charge on any atom is -0.332 e. The number of fused-ring (bicyclic) bond motifs is 1. The standard InChI is InChI=1S/C26H28F3N7O3/c1-3-9-35-22-20(24(38)36(10-4-2)25(35)39)31-21(32-22)17-13-30-33(15-17)14-16-8-11-34(23(16)37)19-7-5-6-18(12-19)26(27,28)29/h5-7,12-13,15-16H,3-4,8-11,14H2,1-2H3,(H,31,32). The summed E-state index contributed by atoms with van der Waals surface area (Å²) in [6, 6.07) is 4.75. The van der Waals surface area contributed by atoms with Gasteiger partial charge < -0.3 is 9.88 Å². The number of H-pyrrole nitrogens is 1. The van der Waals surface area contributed by atoms with Crippen molar-refractivity contribution in [3.8, 4) is 11.4 Å². The van der Waals surface area contributed by atoms with Crippen LogP contribution in [0.4, 0.5) is 18.9 Å². The van der Waals surface area contributed by atoms with Crippen LogP contribution < -0.4 is 16.1 Å². The lowest BCUT2D eigenvalue weighted by molar-refractivity contribution is -0.137. The maximum Gasteiger partial charge on any atom is 0.416 e. The summed E-state index contributed by atoms with van der Waals surface area (Å²) >= 11 is 0. The van der Waals surface area contributed by atoms with E-state index in [4.69, 9.17) is 0 Å². The molecule has 1 aliphatic heterocycles. The number of halogens is 3. The van der Waals surface area contributed by atoms with Crippen LogP contribution in [0.3, 0.4) is 0 Å². The van der Waals surface area contributed by atoms with Crippen LogP contribution in [0.25, 0.3) is 22.6 Å². The molecule has 0 aliphatic carbocycles. The van der Waals surface area contributed by atoms with E-state index in [9.17, 15) is 27.6 Å². The number of anilines is 1. The second-order valence-electron chi connectivity index (χ2n) is 9.65.